The van der Waals surface area contributed by atoms with E-state index in [1.54, 1.807) is 30.7 Å². The largest absolute Gasteiger partial charge is 0.371 e. The Labute approximate surface area is 196 Å². The molecule has 0 spiro atoms. The van der Waals surface area contributed by atoms with Gasteiger partial charge in [0.1, 0.15) is 5.82 Å². The number of hydrogen-bond acceptors (Lipinski definition) is 5. The van der Waals surface area contributed by atoms with Crippen molar-refractivity contribution in [1.29, 1.82) is 0 Å². The summed E-state index contributed by atoms with van der Waals surface area (Å²) in [6.45, 7) is 0. The number of allylic oxidation sites excluding steroid dienone is 2. The molecule has 1 aliphatic rings. The molecule has 1 amide bonds. The van der Waals surface area contributed by atoms with E-state index in [4.69, 9.17) is 5.73 Å². The Morgan fingerprint density at radius 3 is 2.68 bits per heavy atom. The molecule has 0 bridgehead atoms. The monoisotopic (exact) mass is 451 g/mol. The summed E-state index contributed by atoms with van der Waals surface area (Å²) in [6, 6.07) is 18.1. The van der Waals surface area contributed by atoms with Gasteiger partial charge in [-0.3, -0.25) is 14.8 Å². The molecular formula is C27H22FN5O. The van der Waals surface area contributed by atoms with Crippen molar-refractivity contribution >= 4 is 33.9 Å². The molecule has 0 saturated carbocycles. The van der Waals surface area contributed by atoms with E-state index < -0.39 is 11.4 Å². The lowest BCUT2D eigenvalue weighted by atomic mass is 9.79. The number of nitrogens with zero attached hydrogens (tertiary/aromatic N) is 2. The summed E-state index contributed by atoms with van der Waals surface area (Å²) in [5.41, 5.74) is 9.44. The van der Waals surface area contributed by atoms with Crippen molar-refractivity contribution < 1.29 is 9.18 Å². The number of carbonyl (C=O) groups is 1. The van der Waals surface area contributed by atoms with Gasteiger partial charge >= 0.3 is 0 Å². The van der Waals surface area contributed by atoms with Gasteiger partial charge in [-0.1, -0.05) is 30.4 Å². The van der Waals surface area contributed by atoms with Crippen LogP contribution < -0.4 is 16.4 Å². The SMILES string of the molecule is NC(=O)C1=CC=CC(Nc2ccnc3cc(F)ccc23)(c2cccc(Nc3ccncc3)c2)C1. The second-order valence-electron chi connectivity index (χ2n) is 8.15. The molecule has 0 radical (unpaired) electrons. The summed E-state index contributed by atoms with van der Waals surface area (Å²) in [4.78, 5) is 20.5. The van der Waals surface area contributed by atoms with Gasteiger partial charge in [0.2, 0.25) is 5.91 Å². The first-order valence-electron chi connectivity index (χ1n) is 10.8. The van der Waals surface area contributed by atoms with Crippen LogP contribution in [0.3, 0.4) is 0 Å². The van der Waals surface area contributed by atoms with Crippen LogP contribution in [0.5, 0.6) is 0 Å². The molecule has 1 unspecified atom stereocenters. The standard InChI is InChI=1S/C27H22FN5O/c28-20-6-7-23-24(10-14-31-25(23)16-20)33-27(11-2-3-18(17-27)26(29)34)19-4-1-5-22(15-19)32-21-8-12-30-13-9-21/h1-16H,17H2,(H2,29,34)(H,30,32)(H,31,33). The molecule has 7 heteroatoms. The van der Waals surface area contributed by atoms with Gasteiger partial charge in [-0.05, 0) is 48.0 Å². The molecule has 34 heavy (non-hydrogen) atoms. The predicted molar refractivity (Wildman–Crippen MR) is 132 cm³/mol. The smallest absolute Gasteiger partial charge is 0.244 e. The first kappa shape index (κ1) is 21.3. The van der Waals surface area contributed by atoms with Crippen molar-refractivity contribution in [2.45, 2.75) is 12.0 Å². The highest BCUT2D eigenvalue weighted by atomic mass is 19.1. The third kappa shape index (κ3) is 4.23. The van der Waals surface area contributed by atoms with Gasteiger partial charge in [0.15, 0.2) is 0 Å². The molecule has 0 aliphatic heterocycles. The number of hydrogen-bond donors (Lipinski definition) is 3. The number of benzene rings is 2. The van der Waals surface area contributed by atoms with Crippen molar-refractivity contribution in [3.05, 3.63) is 114 Å². The number of fused-ring (bicyclic) bond motifs is 1. The minimum atomic E-state index is -0.766. The first-order chi connectivity index (χ1) is 16.5. The summed E-state index contributed by atoms with van der Waals surface area (Å²) < 4.78 is 13.8. The van der Waals surface area contributed by atoms with Crippen molar-refractivity contribution in [2.24, 2.45) is 5.73 Å². The zero-order valence-corrected chi connectivity index (χ0v) is 18.2. The summed E-state index contributed by atoms with van der Waals surface area (Å²) in [5.74, 6) is -0.818. The van der Waals surface area contributed by atoms with Crippen molar-refractivity contribution in [1.82, 2.24) is 9.97 Å². The molecule has 4 N–H and O–H groups in total. The quantitative estimate of drug-likeness (QED) is 0.375. The van der Waals surface area contributed by atoms with E-state index in [1.165, 1.54) is 12.1 Å². The highest BCUT2D eigenvalue weighted by Crippen LogP contribution is 2.39. The highest BCUT2D eigenvalue weighted by molar-refractivity contribution is 5.94. The van der Waals surface area contributed by atoms with Crippen molar-refractivity contribution in [3.8, 4) is 0 Å². The van der Waals surface area contributed by atoms with Gasteiger partial charge in [-0.25, -0.2) is 4.39 Å². The minimum Gasteiger partial charge on any atom is -0.371 e. The first-order valence-corrected chi connectivity index (χ1v) is 10.8. The molecule has 168 valence electrons. The van der Waals surface area contributed by atoms with Crippen LogP contribution in [0.25, 0.3) is 10.9 Å². The Bertz CT molecular complexity index is 1430. The fraction of sp³-hybridized carbons (Fsp3) is 0.0741. The second kappa shape index (κ2) is 8.78. The Hall–Kier alpha value is -4.52. The van der Waals surface area contributed by atoms with Crippen LogP contribution in [-0.2, 0) is 10.3 Å². The molecule has 0 fully saturated rings. The maximum absolute atomic E-state index is 13.8. The number of aromatic nitrogens is 2. The van der Waals surface area contributed by atoms with E-state index >= 15 is 0 Å². The average Bonchev–Trinajstić information content (AvgIpc) is 2.85. The van der Waals surface area contributed by atoms with Crippen LogP contribution in [0.4, 0.5) is 21.5 Å². The molecule has 2 aromatic heterocycles. The lowest BCUT2D eigenvalue weighted by molar-refractivity contribution is -0.114. The normalized spacial score (nSPS) is 17.3. The number of anilines is 3. The molecule has 1 atom stereocenters. The molecule has 0 saturated heterocycles. The molecule has 6 nitrogen and oxygen atoms in total. The van der Waals surface area contributed by atoms with Crippen LogP contribution in [0, 0.1) is 5.82 Å². The van der Waals surface area contributed by atoms with Crippen LogP contribution >= 0.6 is 0 Å². The fourth-order valence-corrected chi connectivity index (χ4v) is 4.22. The van der Waals surface area contributed by atoms with Crippen LogP contribution in [0.2, 0.25) is 0 Å². The fourth-order valence-electron chi connectivity index (χ4n) is 4.22. The Morgan fingerprint density at radius 2 is 1.85 bits per heavy atom. The summed E-state index contributed by atoms with van der Waals surface area (Å²) >= 11 is 0. The summed E-state index contributed by atoms with van der Waals surface area (Å²) in [5, 5.41) is 7.77. The van der Waals surface area contributed by atoms with Crippen LogP contribution in [0.15, 0.2) is 103 Å². The summed E-state index contributed by atoms with van der Waals surface area (Å²) in [7, 11) is 0. The molecular weight excluding hydrogens is 429 g/mol. The Kier molecular flexibility index (Phi) is 5.51. The van der Waals surface area contributed by atoms with Gasteiger partial charge in [0.05, 0.1) is 11.1 Å². The Morgan fingerprint density at radius 1 is 1.00 bits per heavy atom. The Balaban J connectivity index is 1.59. The third-order valence-electron chi connectivity index (χ3n) is 5.87. The van der Waals surface area contributed by atoms with E-state index in [0.29, 0.717) is 17.5 Å². The number of amides is 1. The number of rotatable bonds is 6. The molecule has 5 rings (SSSR count). The highest BCUT2D eigenvalue weighted by Gasteiger charge is 2.34. The topological polar surface area (TPSA) is 92.9 Å². The van der Waals surface area contributed by atoms with Crippen molar-refractivity contribution in [3.63, 3.8) is 0 Å². The molecule has 2 aromatic carbocycles. The molecule has 4 aromatic rings. The number of nitrogens with two attached hydrogens (primary N) is 1. The van der Waals surface area contributed by atoms with E-state index in [0.717, 1.165) is 28.0 Å². The van der Waals surface area contributed by atoms with Gasteiger partial charge < -0.3 is 16.4 Å². The number of carbonyl (C=O) groups excluding carboxylic acids is 1. The lowest BCUT2D eigenvalue weighted by Crippen LogP contribution is -2.37. The number of pyridine rings is 2. The molecule has 2 heterocycles. The van der Waals surface area contributed by atoms with Gasteiger partial charge in [0.25, 0.3) is 0 Å². The van der Waals surface area contributed by atoms with E-state index in [-0.39, 0.29) is 5.82 Å². The van der Waals surface area contributed by atoms with Gasteiger partial charge in [-0.2, -0.15) is 0 Å². The number of primary amides is 1. The van der Waals surface area contributed by atoms with Gasteiger partial charge in [0, 0.05) is 59.1 Å². The molecule has 1 aliphatic carbocycles. The van der Waals surface area contributed by atoms with Crippen molar-refractivity contribution in [2.75, 3.05) is 10.6 Å². The maximum Gasteiger partial charge on any atom is 0.244 e. The minimum absolute atomic E-state index is 0.349. The van der Waals surface area contributed by atoms with E-state index in [1.807, 2.05) is 54.6 Å². The second-order valence-corrected chi connectivity index (χ2v) is 8.15. The number of halogens is 1. The zero-order chi connectivity index (χ0) is 23.5. The van der Waals surface area contributed by atoms with Crippen LogP contribution in [0.1, 0.15) is 12.0 Å². The van der Waals surface area contributed by atoms with E-state index in [2.05, 4.69) is 20.6 Å². The third-order valence-corrected chi connectivity index (χ3v) is 5.87. The van der Waals surface area contributed by atoms with E-state index in [9.17, 15) is 9.18 Å². The van der Waals surface area contributed by atoms with Crippen LogP contribution in [-0.4, -0.2) is 15.9 Å². The number of nitrogens with one attached hydrogen (secondary N) is 2. The summed E-state index contributed by atoms with van der Waals surface area (Å²) in [6.07, 6.45) is 11.0. The van der Waals surface area contributed by atoms with Gasteiger partial charge in [-0.15, -0.1) is 0 Å². The predicted octanol–water partition coefficient (Wildman–Crippen LogP) is 5.19. The lowest BCUT2D eigenvalue weighted by Gasteiger charge is -2.36. The maximum atomic E-state index is 13.8. The average molecular weight is 452 g/mol. The zero-order valence-electron chi connectivity index (χ0n) is 18.2.